The molecule has 0 radical (unpaired) electrons. The molecule has 6 heteroatoms. The summed E-state index contributed by atoms with van der Waals surface area (Å²) in [5.74, 6) is -0.181. The van der Waals surface area contributed by atoms with Crippen molar-refractivity contribution in [2.75, 3.05) is 36.5 Å². The number of benzene rings is 2. The number of thiazole rings is 1. The highest BCUT2D eigenvalue weighted by atomic mass is 32.1. The van der Waals surface area contributed by atoms with Gasteiger partial charge in [0, 0.05) is 35.4 Å². The molecule has 0 bridgehead atoms. The molecular weight excluding hydrogens is 382 g/mol. The Labute approximate surface area is 175 Å². The summed E-state index contributed by atoms with van der Waals surface area (Å²) in [6.45, 7) is 9.46. The quantitative estimate of drug-likeness (QED) is 0.673. The van der Waals surface area contributed by atoms with Crippen LogP contribution in [0.15, 0.2) is 41.8 Å². The monoisotopic (exact) mass is 407 g/mol. The van der Waals surface area contributed by atoms with E-state index in [4.69, 9.17) is 4.74 Å². The van der Waals surface area contributed by atoms with Crippen molar-refractivity contribution in [2.45, 2.75) is 20.8 Å². The van der Waals surface area contributed by atoms with Gasteiger partial charge in [-0.3, -0.25) is 4.79 Å². The van der Waals surface area contributed by atoms with E-state index in [0.717, 1.165) is 53.8 Å². The first kappa shape index (κ1) is 19.6. The van der Waals surface area contributed by atoms with Gasteiger partial charge in [0.15, 0.2) is 0 Å². The van der Waals surface area contributed by atoms with Crippen LogP contribution in [-0.4, -0.2) is 37.2 Å². The second kappa shape index (κ2) is 8.35. The zero-order valence-electron chi connectivity index (χ0n) is 17.0. The topological polar surface area (TPSA) is 54.5 Å². The van der Waals surface area contributed by atoms with Crippen LogP contribution in [-0.2, 0) is 4.74 Å². The molecule has 1 amide bonds. The molecule has 1 aliphatic rings. The Kier molecular flexibility index (Phi) is 5.65. The summed E-state index contributed by atoms with van der Waals surface area (Å²) in [7, 11) is 0. The number of nitrogens with one attached hydrogen (secondary N) is 1. The van der Waals surface area contributed by atoms with Crippen LogP contribution in [0.1, 0.15) is 27.2 Å². The Morgan fingerprint density at radius 3 is 2.59 bits per heavy atom. The highest BCUT2D eigenvalue weighted by molar-refractivity contribution is 7.13. The van der Waals surface area contributed by atoms with Gasteiger partial charge in [-0.25, -0.2) is 4.98 Å². The van der Waals surface area contributed by atoms with Gasteiger partial charge in [-0.2, -0.15) is 0 Å². The van der Waals surface area contributed by atoms with Gasteiger partial charge in [0.25, 0.3) is 5.91 Å². The lowest BCUT2D eigenvalue weighted by molar-refractivity contribution is 0.102. The average Bonchev–Trinajstić information content (AvgIpc) is 3.20. The predicted molar refractivity (Wildman–Crippen MR) is 119 cm³/mol. The van der Waals surface area contributed by atoms with Crippen LogP contribution in [0.5, 0.6) is 0 Å². The molecule has 29 heavy (non-hydrogen) atoms. The van der Waals surface area contributed by atoms with Crippen molar-refractivity contribution in [3.05, 3.63) is 64.2 Å². The fourth-order valence-corrected chi connectivity index (χ4v) is 4.44. The normalized spacial score (nSPS) is 14.1. The number of aromatic nitrogens is 1. The number of anilines is 2. The van der Waals surface area contributed by atoms with E-state index in [-0.39, 0.29) is 5.91 Å². The van der Waals surface area contributed by atoms with Crippen LogP contribution in [0.4, 0.5) is 11.4 Å². The molecule has 0 atom stereocenters. The molecule has 1 saturated heterocycles. The minimum absolute atomic E-state index is 0.181. The summed E-state index contributed by atoms with van der Waals surface area (Å²) in [6.07, 6.45) is 0. The van der Waals surface area contributed by atoms with Crippen LogP contribution in [0.3, 0.4) is 0 Å². The second-order valence-corrected chi connectivity index (χ2v) is 8.27. The second-order valence-electron chi connectivity index (χ2n) is 7.41. The number of nitrogens with zero attached hydrogens (tertiary/aromatic N) is 2. The van der Waals surface area contributed by atoms with Gasteiger partial charge in [0.05, 0.1) is 13.2 Å². The van der Waals surface area contributed by atoms with Crippen LogP contribution in [0.2, 0.25) is 0 Å². The highest BCUT2D eigenvalue weighted by Crippen LogP contribution is 2.28. The lowest BCUT2D eigenvalue weighted by Gasteiger charge is -2.29. The zero-order valence-corrected chi connectivity index (χ0v) is 17.8. The molecule has 3 aromatic rings. The summed E-state index contributed by atoms with van der Waals surface area (Å²) in [4.78, 5) is 19.6. The maximum atomic E-state index is 12.7. The van der Waals surface area contributed by atoms with Crippen LogP contribution < -0.4 is 10.2 Å². The van der Waals surface area contributed by atoms with E-state index in [1.54, 1.807) is 0 Å². The molecule has 150 valence electrons. The molecule has 1 aliphatic heterocycles. The molecule has 1 aromatic heterocycles. The number of amides is 1. The largest absolute Gasteiger partial charge is 0.378 e. The molecule has 2 heterocycles. The predicted octanol–water partition coefficient (Wildman–Crippen LogP) is 4.82. The van der Waals surface area contributed by atoms with Crippen LogP contribution in [0, 0.1) is 20.8 Å². The standard InChI is InChI=1S/C23H25N3O2S/c1-15-4-6-19(16(2)12-15)23-25-21(14-29-23)22(27)24-20-7-5-18(13-17(20)3)26-8-10-28-11-9-26/h4-7,12-14H,8-11H2,1-3H3,(H,24,27). The number of hydrogen-bond donors (Lipinski definition) is 1. The maximum absolute atomic E-state index is 12.7. The molecular formula is C23H25N3O2S. The van der Waals surface area contributed by atoms with Crippen molar-refractivity contribution in [2.24, 2.45) is 0 Å². The SMILES string of the molecule is Cc1ccc(-c2nc(C(=O)Nc3ccc(N4CCOCC4)cc3C)cs2)c(C)c1. The summed E-state index contributed by atoms with van der Waals surface area (Å²) in [6, 6.07) is 12.4. The Morgan fingerprint density at radius 1 is 1.07 bits per heavy atom. The van der Waals surface area contributed by atoms with Gasteiger partial charge in [-0.15, -0.1) is 11.3 Å². The van der Waals surface area contributed by atoms with Crippen LogP contribution >= 0.6 is 11.3 Å². The minimum Gasteiger partial charge on any atom is -0.378 e. The number of rotatable bonds is 4. The van der Waals surface area contributed by atoms with Crippen molar-refractivity contribution in [1.29, 1.82) is 0 Å². The third-order valence-corrected chi connectivity index (χ3v) is 6.06. The van der Waals surface area contributed by atoms with Gasteiger partial charge in [-0.1, -0.05) is 23.8 Å². The summed E-state index contributed by atoms with van der Waals surface area (Å²) in [5, 5.41) is 5.70. The first-order valence-corrected chi connectivity index (χ1v) is 10.7. The average molecular weight is 408 g/mol. The summed E-state index contributed by atoms with van der Waals surface area (Å²) < 4.78 is 5.42. The van der Waals surface area contributed by atoms with Crippen molar-refractivity contribution in [3.8, 4) is 10.6 Å². The number of aryl methyl sites for hydroxylation is 3. The molecule has 5 nitrogen and oxygen atoms in total. The van der Waals surface area contributed by atoms with E-state index in [0.29, 0.717) is 5.69 Å². The van der Waals surface area contributed by atoms with E-state index in [2.05, 4.69) is 59.4 Å². The van der Waals surface area contributed by atoms with Gasteiger partial charge in [0.1, 0.15) is 10.7 Å². The number of hydrogen-bond acceptors (Lipinski definition) is 5. The van der Waals surface area contributed by atoms with Crippen molar-refractivity contribution in [1.82, 2.24) is 4.98 Å². The summed E-state index contributed by atoms with van der Waals surface area (Å²) >= 11 is 1.50. The van der Waals surface area contributed by atoms with E-state index >= 15 is 0 Å². The third kappa shape index (κ3) is 4.33. The molecule has 1 N–H and O–H groups in total. The molecule has 0 aliphatic carbocycles. The smallest absolute Gasteiger partial charge is 0.275 e. The van der Waals surface area contributed by atoms with E-state index in [1.165, 1.54) is 22.5 Å². The number of carbonyl (C=O) groups excluding carboxylic acids is 1. The fourth-order valence-electron chi connectivity index (χ4n) is 3.55. The van der Waals surface area contributed by atoms with Crippen molar-refractivity contribution < 1.29 is 9.53 Å². The van der Waals surface area contributed by atoms with Gasteiger partial charge < -0.3 is 15.0 Å². The zero-order chi connectivity index (χ0) is 20.4. The van der Waals surface area contributed by atoms with E-state index < -0.39 is 0 Å². The van der Waals surface area contributed by atoms with Crippen molar-refractivity contribution >= 4 is 28.6 Å². The molecule has 2 aromatic carbocycles. The number of ether oxygens (including phenoxy) is 1. The third-order valence-electron chi connectivity index (χ3n) is 5.18. The molecule has 0 spiro atoms. The molecule has 0 unspecified atom stereocenters. The molecule has 0 saturated carbocycles. The minimum atomic E-state index is -0.181. The number of morpholine rings is 1. The van der Waals surface area contributed by atoms with Gasteiger partial charge >= 0.3 is 0 Å². The van der Waals surface area contributed by atoms with E-state index in [9.17, 15) is 4.79 Å². The fraction of sp³-hybridized carbons (Fsp3) is 0.304. The van der Waals surface area contributed by atoms with Crippen molar-refractivity contribution in [3.63, 3.8) is 0 Å². The number of carbonyl (C=O) groups is 1. The first-order valence-electron chi connectivity index (χ1n) is 9.79. The Morgan fingerprint density at radius 2 is 1.86 bits per heavy atom. The Balaban J connectivity index is 1.49. The lowest BCUT2D eigenvalue weighted by atomic mass is 10.1. The Hall–Kier alpha value is -2.70. The van der Waals surface area contributed by atoms with Gasteiger partial charge in [-0.05, 0) is 50.1 Å². The van der Waals surface area contributed by atoms with Gasteiger partial charge in [0.2, 0.25) is 0 Å². The van der Waals surface area contributed by atoms with Crippen LogP contribution in [0.25, 0.3) is 10.6 Å². The summed E-state index contributed by atoms with van der Waals surface area (Å²) in [5.41, 5.74) is 6.92. The molecule has 1 fully saturated rings. The highest BCUT2D eigenvalue weighted by Gasteiger charge is 2.16. The lowest BCUT2D eigenvalue weighted by Crippen LogP contribution is -2.36. The molecule has 4 rings (SSSR count). The van der Waals surface area contributed by atoms with E-state index in [1.807, 2.05) is 18.4 Å². The Bertz CT molecular complexity index is 1040. The maximum Gasteiger partial charge on any atom is 0.275 e. The first-order chi connectivity index (χ1) is 14.0.